The molecule has 0 radical (unpaired) electrons. The SMILES string of the molecule is COC[C@H](C)n1c(=O)c(-c2cccc(Cl)c2Cl)cn(CC(=O)N2CCC(N3CCc4cc(OC)ccc4CC3=O)CC2)c1=O. The summed E-state index contributed by atoms with van der Waals surface area (Å²) in [6, 6.07) is 10.2. The summed E-state index contributed by atoms with van der Waals surface area (Å²) in [5.74, 6) is 0.617. The van der Waals surface area contributed by atoms with E-state index >= 15 is 0 Å². The van der Waals surface area contributed by atoms with Crippen molar-refractivity contribution in [2.24, 2.45) is 0 Å². The zero-order valence-corrected chi connectivity index (χ0v) is 26.6. The number of benzene rings is 2. The van der Waals surface area contributed by atoms with Crippen LogP contribution in [0.5, 0.6) is 5.75 Å². The molecular weight excluding hydrogens is 607 g/mol. The third kappa shape index (κ3) is 6.43. The third-order valence-corrected chi connectivity index (χ3v) is 9.36. The van der Waals surface area contributed by atoms with Crippen LogP contribution in [-0.4, -0.2) is 77.3 Å². The van der Waals surface area contributed by atoms with Crippen molar-refractivity contribution >= 4 is 35.0 Å². The minimum atomic E-state index is -0.615. The summed E-state index contributed by atoms with van der Waals surface area (Å²) in [7, 11) is 3.12. The highest BCUT2D eigenvalue weighted by Crippen LogP contribution is 2.32. The lowest BCUT2D eigenvalue weighted by atomic mass is 10.0. The second-order valence-corrected chi connectivity index (χ2v) is 12.1. The van der Waals surface area contributed by atoms with Gasteiger partial charge in [-0.05, 0) is 55.5 Å². The van der Waals surface area contributed by atoms with Gasteiger partial charge in [-0.25, -0.2) is 4.79 Å². The Hall–Kier alpha value is -3.60. The average Bonchev–Trinajstić information content (AvgIpc) is 3.17. The lowest BCUT2D eigenvalue weighted by Gasteiger charge is -2.38. The number of hydrogen-bond acceptors (Lipinski definition) is 6. The summed E-state index contributed by atoms with van der Waals surface area (Å²) in [5.41, 5.74) is 1.51. The van der Waals surface area contributed by atoms with E-state index in [-0.39, 0.29) is 46.6 Å². The number of rotatable bonds is 8. The number of carbonyl (C=O) groups is 2. The zero-order valence-electron chi connectivity index (χ0n) is 25.1. The monoisotopic (exact) mass is 642 g/mol. The maximum absolute atomic E-state index is 13.5. The Bertz CT molecular complexity index is 1680. The normalized spacial score (nSPS) is 16.4. The molecule has 3 heterocycles. The number of likely N-dealkylation sites (tertiary alicyclic amines) is 1. The molecule has 0 saturated carbocycles. The number of aromatic nitrogens is 2. The van der Waals surface area contributed by atoms with Crippen molar-refractivity contribution in [2.75, 3.05) is 40.5 Å². The topological polar surface area (TPSA) is 103 Å². The Kier molecular flexibility index (Phi) is 9.82. The number of halogens is 2. The standard InChI is InChI=1S/C32H36Cl2N4O6/c1-20(19-43-2)38-31(41)26(25-5-4-6-27(33)30(25)34)17-36(32(38)42)18-29(40)35-12-10-23(11-13-35)37-14-9-22-15-24(44-3)8-7-21(22)16-28(37)39/h4-8,15,17,20,23H,9-14,16,18-19H2,1-3H3/t20-/m0/s1. The van der Waals surface area contributed by atoms with Gasteiger partial charge in [-0.2, -0.15) is 0 Å². The fraction of sp³-hybridized carbons (Fsp3) is 0.438. The van der Waals surface area contributed by atoms with E-state index < -0.39 is 17.3 Å². The van der Waals surface area contributed by atoms with Crippen LogP contribution in [0.2, 0.25) is 10.0 Å². The maximum Gasteiger partial charge on any atom is 0.331 e. The van der Waals surface area contributed by atoms with Crippen LogP contribution in [0.15, 0.2) is 52.2 Å². The van der Waals surface area contributed by atoms with Crippen molar-refractivity contribution in [1.82, 2.24) is 18.9 Å². The van der Waals surface area contributed by atoms with Gasteiger partial charge in [0.25, 0.3) is 5.56 Å². The number of methoxy groups -OCH3 is 2. The first-order valence-corrected chi connectivity index (χ1v) is 15.4. The Morgan fingerprint density at radius 1 is 1.00 bits per heavy atom. The van der Waals surface area contributed by atoms with Crippen LogP contribution in [0, 0.1) is 0 Å². The molecule has 3 aromatic rings. The summed E-state index contributed by atoms with van der Waals surface area (Å²) in [5, 5.41) is 0.448. The molecule has 2 aromatic carbocycles. The predicted octanol–water partition coefficient (Wildman–Crippen LogP) is 3.82. The minimum absolute atomic E-state index is 0.0267. The predicted molar refractivity (Wildman–Crippen MR) is 169 cm³/mol. The molecule has 0 bridgehead atoms. The quantitative estimate of drug-likeness (QED) is 0.370. The van der Waals surface area contributed by atoms with E-state index in [0.29, 0.717) is 44.5 Å². The van der Waals surface area contributed by atoms with Gasteiger partial charge in [-0.1, -0.05) is 41.4 Å². The fourth-order valence-corrected chi connectivity index (χ4v) is 6.56. The van der Waals surface area contributed by atoms with E-state index in [1.54, 1.807) is 37.1 Å². The van der Waals surface area contributed by atoms with Crippen LogP contribution < -0.4 is 16.0 Å². The molecule has 234 valence electrons. The molecule has 10 nitrogen and oxygen atoms in total. The lowest BCUT2D eigenvalue weighted by molar-refractivity contribution is -0.136. The first kappa shape index (κ1) is 31.8. The van der Waals surface area contributed by atoms with Crippen molar-refractivity contribution in [3.05, 3.63) is 84.6 Å². The van der Waals surface area contributed by atoms with Crippen molar-refractivity contribution in [3.8, 4) is 16.9 Å². The number of nitrogens with zero attached hydrogens (tertiary/aromatic N) is 4. The van der Waals surface area contributed by atoms with Crippen LogP contribution in [0.25, 0.3) is 11.1 Å². The van der Waals surface area contributed by atoms with Crippen LogP contribution >= 0.6 is 23.2 Å². The average molecular weight is 644 g/mol. The molecule has 1 atom stereocenters. The molecule has 5 rings (SSSR count). The molecule has 2 aliphatic rings. The van der Waals surface area contributed by atoms with E-state index in [2.05, 4.69) is 0 Å². The largest absolute Gasteiger partial charge is 0.497 e. The Labute approximate surface area is 265 Å². The van der Waals surface area contributed by atoms with E-state index in [9.17, 15) is 19.2 Å². The van der Waals surface area contributed by atoms with E-state index in [1.165, 1.54) is 17.9 Å². The highest BCUT2D eigenvalue weighted by molar-refractivity contribution is 6.43. The molecule has 44 heavy (non-hydrogen) atoms. The van der Waals surface area contributed by atoms with Gasteiger partial charge in [0.05, 0.1) is 41.8 Å². The summed E-state index contributed by atoms with van der Waals surface area (Å²) in [6.07, 6.45) is 3.75. The molecule has 1 saturated heterocycles. The number of ether oxygens (including phenoxy) is 2. The van der Waals surface area contributed by atoms with Gasteiger partial charge < -0.3 is 19.3 Å². The first-order chi connectivity index (χ1) is 21.1. The summed E-state index contributed by atoms with van der Waals surface area (Å²) < 4.78 is 12.9. The molecule has 2 amide bonds. The Morgan fingerprint density at radius 2 is 1.75 bits per heavy atom. The summed E-state index contributed by atoms with van der Waals surface area (Å²) in [6.45, 7) is 3.09. The van der Waals surface area contributed by atoms with E-state index in [0.717, 1.165) is 27.9 Å². The van der Waals surface area contributed by atoms with Gasteiger partial charge in [-0.3, -0.25) is 23.5 Å². The van der Waals surface area contributed by atoms with Crippen molar-refractivity contribution in [3.63, 3.8) is 0 Å². The van der Waals surface area contributed by atoms with Crippen LogP contribution in [0.4, 0.5) is 0 Å². The van der Waals surface area contributed by atoms with Gasteiger partial charge in [0.1, 0.15) is 12.3 Å². The molecule has 1 fully saturated rings. The highest BCUT2D eigenvalue weighted by atomic mass is 35.5. The second kappa shape index (κ2) is 13.6. The number of carbonyl (C=O) groups excluding carboxylic acids is 2. The van der Waals surface area contributed by atoms with Gasteiger partial charge in [0.15, 0.2) is 0 Å². The third-order valence-electron chi connectivity index (χ3n) is 8.54. The molecule has 0 aliphatic carbocycles. The van der Waals surface area contributed by atoms with Crippen molar-refractivity contribution in [2.45, 2.75) is 51.2 Å². The van der Waals surface area contributed by atoms with Crippen LogP contribution in [-0.2, 0) is 33.7 Å². The smallest absolute Gasteiger partial charge is 0.331 e. The zero-order chi connectivity index (χ0) is 31.5. The molecule has 0 spiro atoms. The lowest BCUT2D eigenvalue weighted by Crippen LogP contribution is -2.50. The van der Waals surface area contributed by atoms with Gasteiger partial charge in [-0.15, -0.1) is 0 Å². The molecule has 0 unspecified atom stereocenters. The number of fused-ring (bicyclic) bond motifs is 1. The van der Waals surface area contributed by atoms with Crippen LogP contribution in [0.3, 0.4) is 0 Å². The molecule has 2 aliphatic heterocycles. The second-order valence-electron chi connectivity index (χ2n) is 11.3. The van der Waals surface area contributed by atoms with Gasteiger partial charge >= 0.3 is 5.69 Å². The number of piperidine rings is 1. The van der Waals surface area contributed by atoms with Gasteiger partial charge in [0.2, 0.25) is 11.8 Å². The summed E-state index contributed by atoms with van der Waals surface area (Å²) >= 11 is 12.7. The Balaban J connectivity index is 1.32. The van der Waals surface area contributed by atoms with Crippen molar-refractivity contribution in [1.29, 1.82) is 0 Å². The number of hydrogen-bond donors (Lipinski definition) is 0. The van der Waals surface area contributed by atoms with E-state index in [4.69, 9.17) is 32.7 Å². The van der Waals surface area contributed by atoms with Gasteiger partial charge in [0, 0.05) is 44.5 Å². The fourth-order valence-electron chi connectivity index (χ4n) is 6.16. The maximum atomic E-state index is 13.5. The molecule has 12 heteroatoms. The molecule has 1 aromatic heterocycles. The molecular formula is C32H36Cl2N4O6. The Morgan fingerprint density at radius 3 is 2.45 bits per heavy atom. The first-order valence-electron chi connectivity index (χ1n) is 14.6. The highest BCUT2D eigenvalue weighted by Gasteiger charge is 2.32. The number of amides is 2. The minimum Gasteiger partial charge on any atom is -0.497 e. The van der Waals surface area contributed by atoms with Crippen LogP contribution in [0.1, 0.15) is 36.9 Å². The van der Waals surface area contributed by atoms with Crippen molar-refractivity contribution < 1.29 is 19.1 Å². The molecule has 0 N–H and O–H groups in total. The van der Waals surface area contributed by atoms with E-state index in [1.807, 2.05) is 23.1 Å². The summed E-state index contributed by atoms with van der Waals surface area (Å²) in [4.78, 5) is 57.4.